The third-order valence-electron chi connectivity index (χ3n) is 4.18. The Labute approximate surface area is 125 Å². The lowest BCUT2D eigenvalue weighted by Crippen LogP contribution is -2.51. The average Bonchev–Trinajstić information content (AvgIpc) is 2.50. The lowest BCUT2D eigenvalue weighted by Gasteiger charge is -2.31. The van der Waals surface area contributed by atoms with Crippen LogP contribution in [0.1, 0.15) is 31.4 Å². The molecule has 0 radical (unpaired) electrons. The zero-order valence-corrected chi connectivity index (χ0v) is 12.5. The highest BCUT2D eigenvalue weighted by atomic mass is 16.4. The zero-order valence-electron chi connectivity index (χ0n) is 12.5. The number of benzene rings is 1. The normalized spacial score (nSPS) is 16.8. The van der Waals surface area contributed by atoms with Gasteiger partial charge in [-0.05, 0) is 23.5 Å². The van der Waals surface area contributed by atoms with E-state index in [0.29, 0.717) is 19.5 Å². The summed E-state index contributed by atoms with van der Waals surface area (Å²) in [5.74, 6) is -1.07. The van der Waals surface area contributed by atoms with Crippen LogP contribution in [0.15, 0.2) is 24.3 Å². The van der Waals surface area contributed by atoms with E-state index < -0.39 is 12.0 Å². The van der Waals surface area contributed by atoms with Crippen molar-refractivity contribution in [1.29, 1.82) is 0 Å². The van der Waals surface area contributed by atoms with Crippen LogP contribution in [0.25, 0.3) is 0 Å². The van der Waals surface area contributed by atoms with E-state index in [1.54, 1.807) is 4.90 Å². The van der Waals surface area contributed by atoms with Gasteiger partial charge in [0.25, 0.3) is 0 Å². The summed E-state index contributed by atoms with van der Waals surface area (Å²) >= 11 is 0. The molecule has 114 valence electrons. The number of nitrogens with zero attached hydrogens (tertiary/aromatic N) is 1. The second-order valence-electron chi connectivity index (χ2n) is 5.59. The van der Waals surface area contributed by atoms with Gasteiger partial charge in [0.05, 0.1) is 0 Å². The van der Waals surface area contributed by atoms with Crippen LogP contribution in [0.4, 0.5) is 4.79 Å². The van der Waals surface area contributed by atoms with Crippen molar-refractivity contribution >= 4 is 12.0 Å². The molecule has 0 spiro atoms. The van der Waals surface area contributed by atoms with Crippen molar-refractivity contribution in [2.24, 2.45) is 5.92 Å². The van der Waals surface area contributed by atoms with Gasteiger partial charge in [0.1, 0.15) is 6.04 Å². The predicted molar refractivity (Wildman–Crippen MR) is 80.0 cm³/mol. The number of carbonyl (C=O) groups excluding carboxylic acids is 1. The van der Waals surface area contributed by atoms with Gasteiger partial charge in [0, 0.05) is 13.1 Å². The van der Waals surface area contributed by atoms with Gasteiger partial charge < -0.3 is 15.3 Å². The van der Waals surface area contributed by atoms with Gasteiger partial charge in [-0.2, -0.15) is 0 Å². The van der Waals surface area contributed by atoms with Crippen LogP contribution in [0, 0.1) is 5.92 Å². The largest absolute Gasteiger partial charge is 0.480 e. The fourth-order valence-electron chi connectivity index (χ4n) is 2.58. The van der Waals surface area contributed by atoms with Gasteiger partial charge in [-0.15, -0.1) is 0 Å². The standard InChI is InChI=1S/C16H22N2O3/c1-3-11(2)14(15(19)20)17-16(21)18-9-8-12-6-4-5-7-13(12)10-18/h4-7,11,14H,3,8-10H2,1-2H3,(H,17,21)(H,19,20)/t11-,14-/m0/s1. The van der Waals surface area contributed by atoms with Crippen LogP contribution in [0.3, 0.4) is 0 Å². The molecule has 0 aromatic heterocycles. The Hall–Kier alpha value is -2.04. The molecule has 0 fully saturated rings. The number of fused-ring (bicyclic) bond motifs is 1. The first-order chi connectivity index (χ1) is 10.0. The summed E-state index contributed by atoms with van der Waals surface area (Å²) in [5.41, 5.74) is 2.40. The summed E-state index contributed by atoms with van der Waals surface area (Å²) in [5, 5.41) is 11.9. The lowest BCUT2D eigenvalue weighted by atomic mass is 9.99. The summed E-state index contributed by atoms with van der Waals surface area (Å²) in [6.45, 7) is 4.92. The van der Waals surface area contributed by atoms with Crippen LogP contribution in [0.2, 0.25) is 0 Å². The monoisotopic (exact) mass is 290 g/mol. The molecule has 5 nitrogen and oxygen atoms in total. The van der Waals surface area contributed by atoms with Gasteiger partial charge in [0.2, 0.25) is 0 Å². The second-order valence-corrected chi connectivity index (χ2v) is 5.59. The number of amides is 2. The molecule has 21 heavy (non-hydrogen) atoms. The molecule has 0 aliphatic carbocycles. The van der Waals surface area contributed by atoms with Gasteiger partial charge >= 0.3 is 12.0 Å². The first-order valence-corrected chi connectivity index (χ1v) is 7.38. The van der Waals surface area contributed by atoms with E-state index in [-0.39, 0.29) is 11.9 Å². The molecular formula is C16H22N2O3. The van der Waals surface area contributed by atoms with E-state index in [4.69, 9.17) is 0 Å². The molecule has 5 heteroatoms. The van der Waals surface area contributed by atoms with Crippen LogP contribution < -0.4 is 5.32 Å². The molecule has 2 N–H and O–H groups in total. The highest BCUT2D eigenvalue weighted by molar-refractivity contribution is 5.83. The van der Waals surface area contributed by atoms with Crippen LogP contribution in [-0.4, -0.2) is 34.6 Å². The number of urea groups is 1. The Morgan fingerprint density at radius 2 is 2.00 bits per heavy atom. The third-order valence-corrected chi connectivity index (χ3v) is 4.18. The Bertz CT molecular complexity index is 530. The maximum atomic E-state index is 12.3. The molecule has 2 atom stereocenters. The molecule has 1 aliphatic heterocycles. The minimum atomic E-state index is -0.977. The topological polar surface area (TPSA) is 69.6 Å². The van der Waals surface area contributed by atoms with E-state index in [9.17, 15) is 14.7 Å². The molecular weight excluding hydrogens is 268 g/mol. The molecule has 0 saturated carbocycles. The molecule has 1 aromatic rings. The first kappa shape index (κ1) is 15.4. The minimum absolute atomic E-state index is 0.0940. The maximum Gasteiger partial charge on any atom is 0.326 e. The summed E-state index contributed by atoms with van der Waals surface area (Å²) in [6.07, 6.45) is 1.52. The Morgan fingerprint density at radius 1 is 1.33 bits per heavy atom. The smallest absolute Gasteiger partial charge is 0.326 e. The van der Waals surface area contributed by atoms with E-state index in [1.807, 2.05) is 32.0 Å². The van der Waals surface area contributed by atoms with E-state index in [1.165, 1.54) is 5.56 Å². The molecule has 0 saturated heterocycles. The van der Waals surface area contributed by atoms with Crippen LogP contribution >= 0.6 is 0 Å². The highest BCUT2D eigenvalue weighted by Gasteiger charge is 2.28. The number of hydrogen-bond donors (Lipinski definition) is 2. The van der Waals surface area contributed by atoms with Gasteiger partial charge in [-0.25, -0.2) is 9.59 Å². The molecule has 2 amide bonds. The van der Waals surface area contributed by atoms with Gasteiger partial charge in [-0.1, -0.05) is 44.5 Å². The van der Waals surface area contributed by atoms with Gasteiger partial charge in [0.15, 0.2) is 0 Å². The minimum Gasteiger partial charge on any atom is -0.480 e. The van der Waals surface area contributed by atoms with Crippen LogP contribution in [0.5, 0.6) is 0 Å². The zero-order chi connectivity index (χ0) is 15.4. The van der Waals surface area contributed by atoms with Crippen LogP contribution in [-0.2, 0) is 17.8 Å². The number of aliphatic carboxylic acids is 1. The van der Waals surface area contributed by atoms with Crippen molar-refractivity contribution in [3.05, 3.63) is 35.4 Å². The fraction of sp³-hybridized carbons (Fsp3) is 0.500. The number of carboxylic acid groups (broad SMARTS) is 1. The van der Waals surface area contributed by atoms with E-state index in [2.05, 4.69) is 11.4 Å². The number of carbonyl (C=O) groups is 2. The summed E-state index contributed by atoms with van der Waals surface area (Å²) in [6, 6.07) is 6.91. The lowest BCUT2D eigenvalue weighted by molar-refractivity contribution is -0.140. The summed E-state index contributed by atoms with van der Waals surface area (Å²) in [4.78, 5) is 25.3. The van der Waals surface area contributed by atoms with E-state index in [0.717, 1.165) is 12.0 Å². The predicted octanol–water partition coefficient (Wildman–Crippen LogP) is 2.25. The number of rotatable bonds is 4. The van der Waals surface area contributed by atoms with Crippen molar-refractivity contribution < 1.29 is 14.7 Å². The average molecular weight is 290 g/mol. The third kappa shape index (κ3) is 3.54. The summed E-state index contributed by atoms with van der Waals surface area (Å²) < 4.78 is 0. The Morgan fingerprint density at radius 3 is 2.62 bits per heavy atom. The number of carboxylic acids is 1. The second kappa shape index (κ2) is 6.61. The number of hydrogen-bond acceptors (Lipinski definition) is 2. The highest BCUT2D eigenvalue weighted by Crippen LogP contribution is 2.19. The van der Waals surface area contributed by atoms with Crippen molar-refractivity contribution in [2.75, 3.05) is 6.54 Å². The molecule has 0 unspecified atom stereocenters. The van der Waals surface area contributed by atoms with Crippen molar-refractivity contribution in [1.82, 2.24) is 10.2 Å². The molecule has 1 aliphatic rings. The molecule has 1 heterocycles. The van der Waals surface area contributed by atoms with Crippen molar-refractivity contribution in [3.63, 3.8) is 0 Å². The Kier molecular flexibility index (Phi) is 4.83. The first-order valence-electron chi connectivity index (χ1n) is 7.38. The van der Waals surface area contributed by atoms with Crippen molar-refractivity contribution in [3.8, 4) is 0 Å². The number of nitrogens with one attached hydrogen (secondary N) is 1. The Balaban J connectivity index is 2.03. The SMILES string of the molecule is CC[C@H](C)[C@H](NC(=O)N1CCc2ccccc2C1)C(=O)O. The summed E-state index contributed by atoms with van der Waals surface area (Å²) in [7, 11) is 0. The van der Waals surface area contributed by atoms with E-state index >= 15 is 0 Å². The molecule has 2 rings (SSSR count). The molecule has 0 bridgehead atoms. The fourth-order valence-corrected chi connectivity index (χ4v) is 2.58. The quantitative estimate of drug-likeness (QED) is 0.893. The van der Waals surface area contributed by atoms with Gasteiger partial charge in [-0.3, -0.25) is 0 Å². The maximum absolute atomic E-state index is 12.3. The van der Waals surface area contributed by atoms with Crippen molar-refractivity contribution in [2.45, 2.75) is 39.3 Å². The molecule has 1 aromatic carbocycles.